The molecule has 0 unspecified atom stereocenters. The summed E-state index contributed by atoms with van der Waals surface area (Å²) in [5, 5.41) is 3.05. The molecule has 192 valence electrons. The van der Waals surface area contributed by atoms with Crippen LogP contribution in [0, 0.1) is 0 Å². The van der Waals surface area contributed by atoms with Crippen LogP contribution in [0.4, 0.5) is 23.7 Å². The fraction of sp³-hybridized carbons (Fsp3) is 0.208. The summed E-state index contributed by atoms with van der Waals surface area (Å²) >= 11 is 13.1. The first-order valence-corrected chi connectivity index (χ1v) is 12.5. The Labute approximate surface area is 222 Å². The molecule has 5 rings (SSSR count). The molecule has 2 aliphatic rings. The molecule has 1 fully saturated rings. The summed E-state index contributed by atoms with van der Waals surface area (Å²) in [6.45, 7) is 1.30. The molecule has 3 heterocycles. The second-order valence-corrected chi connectivity index (χ2v) is 10.3. The van der Waals surface area contributed by atoms with E-state index in [2.05, 4.69) is 5.32 Å². The van der Waals surface area contributed by atoms with Crippen molar-refractivity contribution in [1.82, 2.24) is 15.2 Å². The van der Waals surface area contributed by atoms with Gasteiger partial charge in [0.25, 0.3) is 11.5 Å². The zero-order valence-corrected chi connectivity index (χ0v) is 21.1. The Morgan fingerprint density at radius 2 is 1.70 bits per heavy atom. The highest BCUT2D eigenvalue weighted by molar-refractivity contribution is 7.99. The number of alkyl halides is 3. The monoisotopic (exact) mass is 568 g/mol. The lowest BCUT2D eigenvalue weighted by Gasteiger charge is -2.19. The molecule has 3 amide bonds. The lowest BCUT2D eigenvalue weighted by atomic mass is 10.1. The number of amides is 3. The van der Waals surface area contributed by atoms with Gasteiger partial charge < -0.3 is 15.2 Å². The molecule has 2 aliphatic heterocycles. The van der Waals surface area contributed by atoms with Crippen LogP contribution in [0.5, 0.6) is 0 Å². The molecule has 2 aromatic carbocycles. The Morgan fingerprint density at radius 1 is 1.00 bits per heavy atom. The van der Waals surface area contributed by atoms with Gasteiger partial charge in [-0.25, -0.2) is 4.79 Å². The first kappa shape index (κ1) is 25.5. The number of nitrogens with one attached hydrogen (secondary N) is 2. The molecule has 0 radical (unpaired) electrons. The van der Waals surface area contributed by atoms with Crippen LogP contribution >= 0.6 is 35.0 Å². The molecule has 3 aromatic rings. The summed E-state index contributed by atoms with van der Waals surface area (Å²) < 4.78 is 40.5. The number of halogens is 5. The Bertz CT molecular complexity index is 1470. The third-order valence-electron chi connectivity index (χ3n) is 6.02. The third kappa shape index (κ3) is 4.90. The van der Waals surface area contributed by atoms with Crippen LogP contribution in [0.25, 0.3) is 0 Å². The number of urea groups is 1. The molecule has 13 heteroatoms. The van der Waals surface area contributed by atoms with Gasteiger partial charge in [-0.3, -0.25) is 14.5 Å². The maximum absolute atomic E-state index is 13.5. The number of aromatic amines is 1. The van der Waals surface area contributed by atoms with Crippen LogP contribution in [0.3, 0.4) is 0 Å². The van der Waals surface area contributed by atoms with E-state index in [1.54, 1.807) is 34.1 Å². The van der Waals surface area contributed by atoms with Gasteiger partial charge in [0.05, 0.1) is 10.0 Å². The van der Waals surface area contributed by atoms with Gasteiger partial charge in [-0.1, -0.05) is 47.1 Å². The van der Waals surface area contributed by atoms with Crippen molar-refractivity contribution in [2.24, 2.45) is 0 Å². The number of carbonyl (C=O) groups excluding carboxylic acids is 2. The molecule has 7 nitrogen and oxygen atoms in total. The minimum atomic E-state index is -4.84. The lowest BCUT2D eigenvalue weighted by molar-refractivity contribution is -0.141. The van der Waals surface area contributed by atoms with Crippen molar-refractivity contribution in [3.8, 4) is 0 Å². The van der Waals surface area contributed by atoms with E-state index in [4.69, 9.17) is 23.2 Å². The molecule has 0 spiro atoms. The molecule has 1 aromatic heterocycles. The average molecular weight is 569 g/mol. The molecule has 0 aliphatic carbocycles. The molecule has 0 atom stereocenters. The molecular weight excluding hydrogens is 552 g/mol. The minimum Gasteiger partial charge on any atom is -0.336 e. The van der Waals surface area contributed by atoms with E-state index in [1.165, 1.54) is 17.0 Å². The smallest absolute Gasteiger partial charge is 0.336 e. The standard InChI is InChI=1S/C24H17Cl2F3N4O3S/c25-15-2-1-3-16(26)20(15)37-17-9-18(24(27,28)29)31-21(34)19(17)22(35)32-10-12-4-5-14(8-13(12)11-32)33-7-6-30-23(33)36/h1-5,8-9H,6-7,10-11H2,(H,30,36)(H,31,34). The van der Waals surface area contributed by atoms with Crippen molar-refractivity contribution >= 4 is 52.6 Å². The number of pyridine rings is 1. The number of hydrogen-bond acceptors (Lipinski definition) is 4. The van der Waals surface area contributed by atoms with Crippen LogP contribution in [-0.2, 0) is 19.3 Å². The fourth-order valence-corrected chi connectivity index (χ4v) is 5.87. The Balaban J connectivity index is 1.50. The van der Waals surface area contributed by atoms with Gasteiger partial charge in [-0.2, -0.15) is 13.2 Å². The highest BCUT2D eigenvalue weighted by Crippen LogP contribution is 2.41. The summed E-state index contributed by atoms with van der Waals surface area (Å²) in [7, 11) is 0. The summed E-state index contributed by atoms with van der Waals surface area (Å²) in [5.74, 6) is -0.739. The van der Waals surface area contributed by atoms with Gasteiger partial charge in [0.2, 0.25) is 0 Å². The van der Waals surface area contributed by atoms with Gasteiger partial charge in [0, 0.05) is 41.7 Å². The highest BCUT2D eigenvalue weighted by Gasteiger charge is 2.36. The van der Waals surface area contributed by atoms with Crippen molar-refractivity contribution in [2.45, 2.75) is 29.1 Å². The molecular formula is C24H17Cl2F3N4O3S. The van der Waals surface area contributed by atoms with E-state index in [9.17, 15) is 27.6 Å². The van der Waals surface area contributed by atoms with Crippen LogP contribution in [0.2, 0.25) is 10.0 Å². The van der Waals surface area contributed by atoms with E-state index in [-0.39, 0.29) is 39.0 Å². The molecule has 0 saturated carbocycles. The van der Waals surface area contributed by atoms with Gasteiger partial charge in [0.15, 0.2) is 0 Å². The van der Waals surface area contributed by atoms with E-state index < -0.39 is 28.9 Å². The molecule has 0 bridgehead atoms. The van der Waals surface area contributed by atoms with Gasteiger partial charge >= 0.3 is 12.2 Å². The average Bonchev–Trinajstić information content (AvgIpc) is 3.45. The molecule has 1 saturated heterocycles. The number of rotatable bonds is 4. The minimum absolute atomic E-state index is 0.120. The lowest BCUT2D eigenvalue weighted by Crippen LogP contribution is -2.32. The second kappa shape index (κ2) is 9.62. The summed E-state index contributed by atoms with van der Waals surface area (Å²) in [6.07, 6.45) is -4.84. The maximum Gasteiger partial charge on any atom is 0.431 e. The number of benzene rings is 2. The zero-order valence-electron chi connectivity index (χ0n) is 18.8. The first-order chi connectivity index (χ1) is 17.5. The largest absolute Gasteiger partial charge is 0.431 e. The number of aromatic nitrogens is 1. The van der Waals surface area contributed by atoms with Crippen LogP contribution in [-0.4, -0.2) is 34.9 Å². The number of fused-ring (bicyclic) bond motifs is 1. The first-order valence-electron chi connectivity index (χ1n) is 11.0. The number of anilines is 1. The Hall–Kier alpha value is -3.15. The van der Waals surface area contributed by atoms with Gasteiger partial charge in [-0.15, -0.1) is 0 Å². The van der Waals surface area contributed by atoms with Crippen molar-refractivity contribution in [2.75, 3.05) is 18.0 Å². The van der Waals surface area contributed by atoms with Crippen molar-refractivity contribution in [3.63, 3.8) is 0 Å². The van der Waals surface area contributed by atoms with E-state index >= 15 is 0 Å². The highest BCUT2D eigenvalue weighted by atomic mass is 35.5. The van der Waals surface area contributed by atoms with E-state index in [0.717, 1.165) is 22.9 Å². The van der Waals surface area contributed by atoms with E-state index in [1.807, 2.05) is 0 Å². The third-order valence-corrected chi connectivity index (χ3v) is 8.06. The quantitative estimate of drug-likeness (QED) is 0.433. The summed E-state index contributed by atoms with van der Waals surface area (Å²) in [5.41, 5.74) is -0.657. The predicted molar refractivity (Wildman–Crippen MR) is 133 cm³/mol. The van der Waals surface area contributed by atoms with Crippen LogP contribution in [0.15, 0.2) is 57.1 Å². The molecule has 37 heavy (non-hydrogen) atoms. The number of nitrogens with zero attached hydrogens (tertiary/aromatic N) is 2. The van der Waals surface area contributed by atoms with E-state index in [0.29, 0.717) is 24.8 Å². The summed E-state index contributed by atoms with van der Waals surface area (Å²) in [4.78, 5) is 43.2. The van der Waals surface area contributed by atoms with Crippen molar-refractivity contribution < 1.29 is 22.8 Å². The zero-order chi connectivity index (χ0) is 26.5. The summed E-state index contributed by atoms with van der Waals surface area (Å²) in [6, 6.07) is 10.4. The maximum atomic E-state index is 13.5. The normalized spacial score (nSPS) is 15.2. The number of hydrogen-bond donors (Lipinski definition) is 2. The Kier molecular flexibility index (Phi) is 6.63. The number of carbonyl (C=O) groups is 2. The van der Waals surface area contributed by atoms with Crippen molar-refractivity contribution in [1.29, 1.82) is 0 Å². The van der Waals surface area contributed by atoms with Gasteiger partial charge in [-0.05, 0) is 41.5 Å². The molecule has 2 N–H and O–H groups in total. The predicted octanol–water partition coefficient (Wildman–Crippen LogP) is 5.54. The van der Waals surface area contributed by atoms with Gasteiger partial charge in [0.1, 0.15) is 11.3 Å². The van der Waals surface area contributed by atoms with Crippen molar-refractivity contribution in [3.05, 3.63) is 85.2 Å². The number of H-pyrrole nitrogens is 1. The SMILES string of the molecule is O=C(c1c(Sc2c(Cl)cccc2Cl)cc(C(F)(F)F)[nH]c1=O)N1Cc2ccc(N3CCNC3=O)cc2C1. The van der Waals surface area contributed by atoms with Crippen LogP contribution < -0.4 is 15.8 Å². The second-order valence-electron chi connectivity index (χ2n) is 8.40. The van der Waals surface area contributed by atoms with Crippen LogP contribution in [0.1, 0.15) is 27.2 Å². The fourth-order valence-electron chi connectivity index (χ4n) is 4.23. The Morgan fingerprint density at radius 3 is 2.35 bits per heavy atom. The topological polar surface area (TPSA) is 85.5 Å².